The van der Waals surface area contributed by atoms with Crippen molar-refractivity contribution >= 4 is 29.0 Å². The van der Waals surface area contributed by atoms with Crippen molar-refractivity contribution in [1.29, 1.82) is 0 Å². The molecule has 2 heterocycles. The van der Waals surface area contributed by atoms with Crippen molar-refractivity contribution in [3.05, 3.63) is 64.1 Å². The molecule has 4 N–H and O–H groups in total. The third kappa shape index (κ3) is 3.83. The van der Waals surface area contributed by atoms with E-state index in [9.17, 15) is 10.1 Å². The number of nitrogens with two attached hydrogens (primary N) is 1. The van der Waals surface area contributed by atoms with Gasteiger partial charge in [0.05, 0.1) is 17.7 Å². The van der Waals surface area contributed by atoms with Crippen molar-refractivity contribution in [3.8, 4) is 0 Å². The van der Waals surface area contributed by atoms with Crippen LogP contribution in [0.1, 0.15) is 11.3 Å². The van der Waals surface area contributed by atoms with E-state index in [1.54, 1.807) is 30.5 Å². The average Bonchev–Trinajstić information content (AvgIpc) is 3.08. The molecule has 128 valence electrons. The molecule has 0 spiro atoms. The van der Waals surface area contributed by atoms with Crippen LogP contribution < -0.4 is 16.4 Å². The van der Waals surface area contributed by atoms with Gasteiger partial charge in [0, 0.05) is 5.69 Å². The average molecular weight is 340 g/mol. The van der Waals surface area contributed by atoms with Crippen LogP contribution >= 0.6 is 0 Å². The molecule has 0 atom stereocenters. The number of anilines is 4. The van der Waals surface area contributed by atoms with Crippen LogP contribution in [0.2, 0.25) is 0 Å². The smallest absolute Gasteiger partial charge is 0.353 e. The first-order valence-electron chi connectivity index (χ1n) is 7.45. The molecule has 0 aliphatic carbocycles. The lowest BCUT2D eigenvalue weighted by Gasteiger charge is -2.10. The van der Waals surface area contributed by atoms with Gasteiger partial charge in [0.1, 0.15) is 5.76 Å². The Kier molecular flexibility index (Phi) is 4.46. The Morgan fingerprint density at radius 2 is 2.00 bits per heavy atom. The van der Waals surface area contributed by atoms with Gasteiger partial charge in [-0.2, -0.15) is 9.97 Å². The molecule has 0 aliphatic rings. The van der Waals surface area contributed by atoms with E-state index in [-0.39, 0.29) is 23.3 Å². The van der Waals surface area contributed by atoms with Crippen LogP contribution in [0.5, 0.6) is 0 Å². The molecule has 0 radical (unpaired) electrons. The second-order valence-electron chi connectivity index (χ2n) is 5.31. The van der Waals surface area contributed by atoms with E-state index in [1.807, 2.05) is 19.1 Å². The summed E-state index contributed by atoms with van der Waals surface area (Å²) in [6, 6.07) is 10.9. The normalized spacial score (nSPS) is 10.4. The van der Waals surface area contributed by atoms with E-state index in [0.717, 1.165) is 5.56 Å². The molecule has 3 aromatic rings. The summed E-state index contributed by atoms with van der Waals surface area (Å²) in [4.78, 5) is 18.8. The number of nitrogens with one attached hydrogen (secondary N) is 2. The lowest BCUT2D eigenvalue weighted by molar-refractivity contribution is -0.383. The molecule has 1 aromatic carbocycles. The molecular formula is C16H16N6O3. The molecule has 0 saturated heterocycles. The number of furan rings is 1. The first-order valence-corrected chi connectivity index (χ1v) is 7.45. The number of nitrogen functional groups attached to an aromatic ring is 1. The molecule has 9 nitrogen and oxygen atoms in total. The SMILES string of the molecule is Cc1ccc(Nc2nc(NCc3ccco3)nc(N)c2[N+](=O)[O-])cc1. The Bertz CT molecular complexity index is 878. The minimum absolute atomic E-state index is 0.0169. The first kappa shape index (κ1) is 16.2. The predicted octanol–water partition coefficient (Wildman–Crippen LogP) is 3.22. The van der Waals surface area contributed by atoms with Gasteiger partial charge in [-0.05, 0) is 31.2 Å². The lowest BCUT2D eigenvalue weighted by Crippen LogP contribution is -2.10. The quantitative estimate of drug-likeness (QED) is 0.460. The summed E-state index contributed by atoms with van der Waals surface area (Å²) in [6.07, 6.45) is 1.55. The minimum atomic E-state index is -0.609. The first-order chi connectivity index (χ1) is 12.0. The fourth-order valence-corrected chi connectivity index (χ4v) is 2.17. The van der Waals surface area contributed by atoms with E-state index in [0.29, 0.717) is 18.0 Å². The maximum absolute atomic E-state index is 11.3. The molecule has 2 aromatic heterocycles. The highest BCUT2D eigenvalue weighted by atomic mass is 16.6. The highest BCUT2D eigenvalue weighted by Crippen LogP contribution is 2.31. The van der Waals surface area contributed by atoms with Crippen LogP contribution in [0.25, 0.3) is 0 Å². The van der Waals surface area contributed by atoms with Gasteiger partial charge in [0.25, 0.3) is 0 Å². The van der Waals surface area contributed by atoms with Gasteiger partial charge < -0.3 is 20.8 Å². The maximum Gasteiger partial charge on any atom is 0.353 e. The van der Waals surface area contributed by atoms with Crippen LogP contribution in [-0.4, -0.2) is 14.9 Å². The molecule has 0 bridgehead atoms. The predicted molar refractivity (Wildman–Crippen MR) is 93.6 cm³/mol. The van der Waals surface area contributed by atoms with Crippen molar-refractivity contribution in [1.82, 2.24) is 9.97 Å². The van der Waals surface area contributed by atoms with Gasteiger partial charge in [-0.1, -0.05) is 17.7 Å². The Morgan fingerprint density at radius 3 is 2.64 bits per heavy atom. The largest absolute Gasteiger partial charge is 0.467 e. The van der Waals surface area contributed by atoms with E-state index in [2.05, 4.69) is 20.6 Å². The van der Waals surface area contributed by atoms with Gasteiger partial charge in [-0.25, -0.2) is 0 Å². The zero-order valence-corrected chi connectivity index (χ0v) is 13.4. The number of benzene rings is 1. The molecule has 25 heavy (non-hydrogen) atoms. The third-order valence-electron chi connectivity index (χ3n) is 3.41. The van der Waals surface area contributed by atoms with Gasteiger partial charge >= 0.3 is 5.69 Å². The Hall–Kier alpha value is -3.62. The summed E-state index contributed by atoms with van der Waals surface area (Å²) in [5.41, 5.74) is 7.11. The van der Waals surface area contributed by atoms with Crippen molar-refractivity contribution < 1.29 is 9.34 Å². The summed E-state index contributed by atoms with van der Waals surface area (Å²) in [6.45, 7) is 2.28. The number of hydrogen-bond donors (Lipinski definition) is 3. The van der Waals surface area contributed by atoms with Gasteiger partial charge in [-0.3, -0.25) is 10.1 Å². The molecule has 0 aliphatic heterocycles. The molecule has 0 unspecified atom stereocenters. The van der Waals surface area contributed by atoms with Crippen LogP contribution in [-0.2, 0) is 6.54 Å². The van der Waals surface area contributed by atoms with E-state index < -0.39 is 4.92 Å². The fraction of sp³-hybridized carbons (Fsp3) is 0.125. The monoisotopic (exact) mass is 340 g/mol. The molecular weight excluding hydrogens is 324 g/mol. The molecule has 0 amide bonds. The van der Waals surface area contributed by atoms with E-state index >= 15 is 0 Å². The van der Waals surface area contributed by atoms with Crippen molar-refractivity contribution in [2.45, 2.75) is 13.5 Å². The molecule has 0 fully saturated rings. The summed E-state index contributed by atoms with van der Waals surface area (Å²) in [5, 5.41) is 17.2. The van der Waals surface area contributed by atoms with Gasteiger partial charge in [-0.15, -0.1) is 0 Å². The summed E-state index contributed by atoms with van der Waals surface area (Å²) >= 11 is 0. The van der Waals surface area contributed by atoms with Crippen molar-refractivity contribution in [3.63, 3.8) is 0 Å². The highest BCUT2D eigenvalue weighted by Gasteiger charge is 2.23. The van der Waals surface area contributed by atoms with Crippen molar-refractivity contribution in [2.75, 3.05) is 16.4 Å². The number of aromatic nitrogens is 2. The number of nitro groups is 1. The standard InChI is InChI=1S/C16H16N6O3/c1-10-4-6-11(7-5-10)19-15-13(22(23)24)14(17)20-16(21-15)18-9-12-3-2-8-25-12/h2-8H,9H2,1H3,(H4,17,18,19,20,21). The molecule has 3 rings (SSSR count). The van der Waals surface area contributed by atoms with Gasteiger partial charge in [0.2, 0.25) is 17.6 Å². The minimum Gasteiger partial charge on any atom is -0.467 e. The lowest BCUT2D eigenvalue weighted by atomic mass is 10.2. The van der Waals surface area contributed by atoms with Crippen LogP contribution in [0.4, 0.5) is 29.0 Å². The maximum atomic E-state index is 11.3. The molecule has 9 heteroatoms. The third-order valence-corrected chi connectivity index (χ3v) is 3.41. The Balaban J connectivity index is 1.89. The van der Waals surface area contributed by atoms with Crippen LogP contribution in [0.15, 0.2) is 47.1 Å². The summed E-state index contributed by atoms with van der Waals surface area (Å²) < 4.78 is 5.21. The summed E-state index contributed by atoms with van der Waals surface area (Å²) in [7, 11) is 0. The Labute approximate surface area is 143 Å². The second-order valence-corrected chi connectivity index (χ2v) is 5.31. The number of nitrogens with zero attached hydrogens (tertiary/aromatic N) is 3. The van der Waals surface area contributed by atoms with Gasteiger partial charge in [0.15, 0.2) is 0 Å². The van der Waals surface area contributed by atoms with Crippen molar-refractivity contribution in [2.24, 2.45) is 0 Å². The zero-order chi connectivity index (χ0) is 17.8. The fourth-order valence-electron chi connectivity index (χ4n) is 2.17. The topological polar surface area (TPSA) is 132 Å². The number of rotatable bonds is 6. The second kappa shape index (κ2) is 6.87. The zero-order valence-electron chi connectivity index (χ0n) is 13.4. The number of hydrogen-bond acceptors (Lipinski definition) is 8. The summed E-state index contributed by atoms with van der Waals surface area (Å²) in [5.74, 6) is 0.627. The van der Waals surface area contributed by atoms with Crippen LogP contribution in [0.3, 0.4) is 0 Å². The number of aryl methyl sites for hydroxylation is 1. The Morgan fingerprint density at radius 1 is 1.24 bits per heavy atom. The highest BCUT2D eigenvalue weighted by molar-refractivity contribution is 5.74. The van der Waals surface area contributed by atoms with E-state index in [4.69, 9.17) is 10.2 Å². The molecule has 0 saturated carbocycles. The van der Waals surface area contributed by atoms with Crippen LogP contribution in [0, 0.1) is 17.0 Å². The van der Waals surface area contributed by atoms with E-state index in [1.165, 1.54) is 0 Å².